The Bertz CT molecular complexity index is 529. The molecule has 3 nitrogen and oxygen atoms in total. The van der Waals surface area contributed by atoms with E-state index in [-0.39, 0.29) is 24.5 Å². The summed E-state index contributed by atoms with van der Waals surface area (Å²) >= 11 is 0. The predicted octanol–water partition coefficient (Wildman–Crippen LogP) is 3.10. The van der Waals surface area contributed by atoms with E-state index in [1.807, 2.05) is 43.3 Å². The van der Waals surface area contributed by atoms with Crippen molar-refractivity contribution in [1.29, 1.82) is 0 Å². The predicted molar refractivity (Wildman–Crippen MR) is 88.7 cm³/mol. The minimum atomic E-state index is -0.00954. The van der Waals surface area contributed by atoms with Crippen LogP contribution >= 0.6 is 0 Å². The molecule has 2 aromatic carbocycles. The number of benzene rings is 2. The molecule has 0 radical (unpaired) electrons. The first-order valence-corrected chi connectivity index (χ1v) is 7.71. The topological polar surface area (TPSA) is 49.3 Å². The maximum Gasteiger partial charge on any atom is 0.221 e. The number of nitrogens with one attached hydrogen (secondary N) is 1. The van der Waals surface area contributed by atoms with Crippen LogP contribution in [0.1, 0.15) is 36.8 Å². The molecule has 0 unspecified atom stereocenters. The highest BCUT2D eigenvalue weighted by atomic mass is 16.3. The van der Waals surface area contributed by atoms with E-state index in [0.717, 1.165) is 11.1 Å². The van der Waals surface area contributed by atoms with Crippen LogP contribution in [0.2, 0.25) is 0 Å². The molecule has 0 aromatic heterocycles. The van der Waals surface area contributed by atoms with Crippen molar-refractivity contribution in [2.75, 3.05) is 6.61 Å². The van der Waals surface area contributed by atoms with Gasteiger partial charge < -0.3 is 10.4 Å². The molecule has 0 aliphatic heterocycles. The second kappa shape index (κ2) is 8.35. The Morgan fingerprint density at radius 1 is 1.00 bits per heavy atom. The van der Waals surface area contributed by atoms with Gasteiger partial charge in [-0.25, -0.2) is 0 Å². The molecular formula is C19H23NO2. The van der Waals surface area contributed by atoms with Crippen LogP contribution in [-0.4, -0.2) is 23.7 Å². The summed E-state index contributed by atoms with van der Waals surface area (Å²) in [6.07, 6.45) is 0.983. The molecule has 1 atom stereocenters. The van der Waals surface area contributed by atoms with Crippen LogP contribution in [-0.2, 0) is 4.79 Å². The summed E-state index contributed by atoms with van der Waals surface area (Å²) < 4.78 is 0. The van der Waals surface area contributed by atoms with Gasteiger partial charge in [0.15, 0.2) is 0 Å². The molecule has 0 heterocycles. The molecular weight excluding hydrogens is 274 g/mol. The van der Waals surface area contributed by atoms with E-state index in [0.29, 0.717) is 12.8 Å². The van der Waals surface area contributed by atoms with Gasteiger partial charge in [-0.05, 0) is 24.5 Å². The van der Waals surface area contributed by atoms with Gasteiger partial charge in [0.25, 0.3) is 0 Å². The lowest BCUT2D eigenvalue weighted by molar-refractivity contribution is -0.122. The Hall–Kier alpha value is -2.13. The van der Waals surface area contributed by atoms with Crippen LogP contribution in [0.3, 0.4) is 0 Å². The van der Waals surface area contributed by atoms with Gasteiger partial charge in [-0.1, -0.05) is 60.7 Å². The van der Waals surface area contributed by atoms with Gasteiger partial charge in [-0.2, -0.15) is 0 Å². The van der Waals surface area contributed by atoms with Crippen molar-refractivity contribution in [3.05, 3.63) is 71.8 Å². The van der Waals surface area contributed by atoms with Crippen LogP contribution in [0, 0.1) is 0 Å². The smallest absolute Gasteiger partial charge is 0.221 e. The molecule has 22 heavy (non-hydrogen) atoms. The minimum absolute atomic E-state index is 0.00954. The Kier molecular flexibility index (Phi) is 6.16. The first-order valence-electron chi connectivity index (χ1n) is 7.71. The van der Waals surface area contributed by atoms with Crippen LogP contribution < -0.4 is 5.32 Å². The average Bonchev–Trinajstić information content (AvgIpc) is 2.54. The third-order valence-electron chi connectivity index (χ3n) is 3.76. The van der Waals surface area contributed by atoms with Crippen molar-refractivity contribution in [2.24, 2.45) is 0 Å². The molecule has 0 aliphatic rings. The van der Waals surface area contributed by atoms with Gasteiger partial charge in [-0.15, -0.1) is 0 Å². The number of rotatable bonds is 7. The zero-order valence-electron chi connectivity index (χ0n) is 12.9. The fourth-order valence-electron chi connectivity index (χ4n) is 2.58. The summed E-state index contributed by atoms with van der Waals surface area (Å²) in [5.41, 5.74) is 2.28. The highest BCUT2D eigenvalue weighted by Gasteiger charge is 2.18. The number of hydrogen-bond donors (Lipinski definition) is 2. The van der Waals surface area contributed by atoms with E-state index in [1.165, 1.54) is 0 Å². The quantitative estimate of drug-likeness (QED) is 0.825. The SMILES string of the molecule is C[C@H](CCO)NC(=O)CC(c1ccccc1)c1ccccc1. The van der Waals surface area contributed by atoms with E-state index in [1.54, 1.807) is 0 Å². The number of aliphatic hydroxyl groups excluding tert-OH is 1. The summed E-state index contributed by atoms with van der Waals surface area (Å²) in [6, 6.07) is 20.2. The van der Waals surface area contributed by atoms with Crippen LogP contribution in [0.5, 0.6) is 0 Å². The molecule has 2 aromatic rings. The zero-order valence-corrected chi connectivity index (χ0v) is 12.9. The molecule has 0 saturated heterocycles. The standard InChI is InChI=1S/C19H23NO2/c1-15(12-13-21)20-19(22)14-18(16-8-4-2-5-9-16)17-10-6-3-7-11-17/h2-11,15,18,21H,12-14H2,1H3,(H,20,22)/t15-/m1/s1. The first-order chi connectivity index (χ1) is 10.7. The largest absolute Gasteiger partial charge is 0.396 e. The molecule has 0 bridgehead atoms. The maximum atomic E-state index is 12.3. The highest BCUT2D eigenvalue weighted by Crippen LogP contribution is 2.27. The number of amides is 1. The van der Waals surface area contributed by atoms with Crippen LogP contribution in [0.4, 0.5) is 0 Å². The van der Waals surface area contributed by atoms with Gasteiger partial charge in [0.1, 0.15) is 0 Å². The summed E-state index contributed by atoms with van der Waals surface area (Å²) in [6.45, 7) is 2.00. The van der Waals surface area contributed by atoms with Crippen molar-refractivity contribution in [1.82, 2.24) is 5.32 Å². The maximum absolute atomic E-state index is 12.3. The van der Waals surface area contributed by atoms with Gasteiger partial charge in [0, 0.05) is 25.0 Å². The molecule has 0 saturated carbocycles. The molecule has 0 fully saturated rings. The van der Waals surface area contributed by atoms with E-state index >= 15 is 0 Å². The molecule has 3 heteroatoms. The van der Waals surface area contributed by atoms with Crippen molar-refractivity contribution in [3.8, 4) is 0 Å². The fourth-order valence-corrected chi connectivity index (χ4v) is 2.58. The molecule has 1 amide bonds. The summed E-state index contributed by atoms with van der Waals surface area (Å²) in [4.78, 5) is 12.3. The van der Waals surface area contributed by atoms with Gasteiger partial charge >= 0.3 is 0 Å². The number of hydrogen-bond acceptors (Lipinski definition) is 2. The average molecular weight is 297 g/mol. The number of aliphatic hydroxyl groups is 1. The monoisotopic (exact) mass is 297 g/mol. The lowest BCUT2D eigenvalue weighted by atomic mass is 9.88. The molecule has 2 N–H and O–H groups in total. The van der Waals surface area contributed by atoms with Gasteiger partial charge in [0.05, 0.1) is 0 Å². The van der Waals surface area contributed by atoms with E-state index < -0.39 is 0 Å². The third kappa shape index (κ3) is 4.71. The summed E-state index contributed by atoms with van der Waals surface area (Å²) in [7, 11) is 0. The van der Waals surface area contributed by atoms with Crippen molar-refractivity contribution in [2.45, 2.75) is 31.7 Å². The Labute approximate surface area is 132 Å². The summed E-state index contributed by atoms with van der Waals surface area (Å²) in [5, 5.41) is 11.9. The highest BCUT2D eigenvalue weighted by molar-refractivity contribution is 5.77. The Balaban J connectivity index is 2.14. The number of carbonyl (C=O) groups is 1. The first kappa shape index (κ1) is 16.2. The number of carbonyl (C=O) groups excluding carboxylic acids is 1. The molecule has 2 rings (SSSR count). The Morgan fingerprint density at radius 3 is 1.95 bits per heavy atom. The second-order valence-electron chi connectivity index (χ2n) is 5.56. The van der Waals surface area contributed by atoms with Crippen LogP contribution in [0.25, 0.3) is 0 Å². The lowest BCUT2D eigenvalue weighted by Gasteiger charge is -2.19. The fraction of sp³-hybridized carbons (Fsp3) is 0.316. The second-order valence-corrected chi connectivity index (χ2v) is 5.56. The molecule has 0 aliphatic carbocycles. The van der Waals surface area contributed by atoms with Crippen molar-refractivity contribution >= 4 is 5.91 Å². The van der Waals surface area contributed by atoms with Crippen molar-refractivity contribution < 1.29 is 9.90 Å². The Morgan fingerprint density at radius 2 is 1.50 bits per heavy atom. The van der Waals surface area contributed by atoms with E-state index in [2.05, 4.69) is 29.6 Å². The van der Waals surface area contributed by atoms with Gasteiger partial charge in [-0.3, -0.25) is 4.79 Å². The van der Waals surface area contributed by atoms with E-state index in [4.69, 9.17) is 5.11 Å². The van der Waals surface area contributed by atoms with Crippen LogP contribution in [0.15, 0.2) is 60.7 Å². The minimum Gasteiger partial charge on any atom is -0.396 e. The molecule has 116 valence electrons. The lowest BCUT2D eigenvalue weighted by Crippen LogP contribution is -2.34. The normalized spacial score (nSPS) is 12.1. The van der Waals surface area contributed by atoms with Gasteiger partial charge in [0.2, 0.25) is 5.91 Å². The third-order valence-corrected chi connectivity index (χ3v) is 3.76. The molecule has 0 spiro atoms. The van der Waals surface area contributed by atoms with Crippen molar-refractivity contribution in [3.63, 3.8) is 0 Å². The zero-order chi connectivity index (χ0) is 15.8. The summed E-state index contributed by atoms with van der Waals surface area (Å²) in [5.74, 6) is 0.0578. The van der Waals surface area contributed by atoms with E-state index in [9.17, 15) is 4.79 Å².